The maximum atomic E-state index is 6.59. The molecule has 0 fully saturated rings. The van der Waals surface area contributed by atoms with Gasteiger partial charge in [-0.25, -0.2) is 0 Å². The molecular weight excluding hydrogens is 572 g/mol. The number of para-hydroxylation sites is 2. The molecule has 7 aromatic carbocycles. The van der Waals surface area contributed by atoms with Gasteiger partial charge in [0.2, 0.25) is 0 Å². The minimum atomic E-state index is -0.170. The first kappa shape index (κ1) is 27.5. The van der Waals surface area contributed by atoms with Crippen LogP contribution in [0.15, 0.2) is 152 Å². The molecule has 0 radical (unpaired) electrons. The van der Waals surface area contributed by atoms with Gasteiger partial charge in [0, 0.05) is 56.1 Å². The lowest BCUT2D eigenvalue weighted by Crippen LogP contribution is -2.24. The maximum Gasteiger partial charge on any atom is 0.133 e. The highest BCUT2D eigenvalue weighted by Crippen LogP contribution is 2.50. The van der Waals surface area contributed by atoms with E-state index < -0.39 is 0 Å². The number of anilines is 3. The molecule has 0 aliphatic carbocycles. The molecule has 0 atom stereocenters. The first-order chi connectivity index (χ1) is 23.0. The van der Waals surface area contributed by atoms with Crippen LogP contribution in [-0.2, 0) is 5.41 Å². The molecule has 0 saturated heterocycles. The summed E-state index contributed by atoms with van der Waals surface area (Å²) in [5.41, 5.74) is 10.2. The van der Waals surface area contributed by atoms with E-state index in [1.807, 2.05) is 6.07 Å². The standard InChI is InChI=1S/C44H34N2O/c1-29-17-20-32(21-18-29)45(34-22-24-38-42(28-34)47-41-16-10-9-15-37(41)44(38,2)3)33-23-26-39-36(27-33)43-35-14-8-7-11-30(35)19-25-40(43)46(39)31-12-5-4-6-13-31/h4-28H,1-3H3. The van der Waals surface area contributed by atoms with Crippen molar-refractivity contribution in [1.29, 1.82) is 0 Å². The molecule has 3 nitrogen and oxygen atoms in total. The third kappa shape index (κ3) is 4.27. The van der Waals surface area contributed by atoms with Crippen molar-refractivity contribution in [3.05, 3.63) is 168 Å². The van der Waals surface area contributed by atoms with E-state index in [2.05, 4.69) is 176 Å². The van der Waals surface area contributed by atoms with Gasteiger partial charge in [-0.2, -0.15) is 0 Å². The van der Waals surface area contributed by atoms with Crippen LogP contribution in [-0.4, -0.2) is 4.57 Å². The Hall–Kier alpha value is -5.80. The molecule has 1 aliphatic rings. The van der Waals surface area contributed by atoms with Gasteiger partial charge < -0.3 is 14.2 Å². The van der Waals surface area contributed by atoms with Crippen LogP contribution in [0.3, 0.4) is 0 Å². The van der Waals surface area contributed by atoms with E-state index in [0.29, 0.717) is 0 Å². The maximum absolute atomic E-state index is 6.59. The van der Waals surface area contributed by atoms with E-state index in [4.69, 9.17) is 4.74 Å². The second-order valence-corrected chi connectivity index (χ2v) is 13.1. The SMILES string of the molecule is Cc1ccc(N(c2ccc3c(c2)Oc2ccccc2C3(C)C)c2ccc3c(c2)c2c4ccccc4ccc2n3-c2ccccc2)cc1. The summed E-state index contributed by atoms with van der Waals surface area (Å²) in [6, 6.07) is 54.7. The molecule has 0 unspecified atom stereocenters. The molecule has 0 spiro atoms. The van der Waals surface area contributed by atoms with Gasteiger partial charge in [-0.3, -0.25) is 0 Å². The van der Waals surface area contributed by atoms with Crippen molar-refractivity contribution >= 4 is 49.6 Å². The number of fused-ring (bicyclic) bond motifs is 7. The second-order valence-electron chi connectivity index (χ2n) is 13.1. The zero-order valence-electron chi connectivity index (χ0n) is 26.7. The highest BCUT2D eigenvalue weighted by Gasteiger charge is 2.34. The number of nitrogens with zero attached hydrogens (tertiary/aromatic N) is 2. The van der Waals surface area contributed by atoms with Gasteiger partial charge in [0.1, 0.15) is 11.5 Å². The van der Waals surface area contributed by atoms with Crippen molar-refractivity contribution in [2.24, 2.45) is 0 Å². The van der Waals surface area contributed by atoms with Gasteiger partial charge in [0.15, 0.2) is 0 Å². The Morgan fingerprint density at radius 2 is 1.19 bits per heavy atom. The van der Waals surface area contributed by atoms with Gasteiger partial charge in [-0.15, -0.1) is 0 Å². The molecule has 3 heteroatoms. The van der Waals surface area contributed by atoms with Gasteiger partial charge >= 0.3 is 0 Å². The van der Waals surface area contributed by atoms with Crippen LogP contribution in [0, 0.1) is 6.92 Å². The van der Waals surface area contributed by atoms with Gasteiger partial charge in [-0.1, -0.05) is 104 Å². The Labute approximate surface area is 274 Å². The summed E-state index contributed by atoms with van der Waals surface area (Å²) in [6.07, 6.45) is 0. The largest absolute Gasteiger partial charge is 0.457 e. The second kappa shape index (κ2) is 10.4. The number of ether oxygens (including phenoxy) is 1. The van der Waals surface area contributed by atoms with E-state index in [-0.39, 0.29) is 5.41 Å². The van der Waals surface area contributed by atoms with Crippen LogP contribution in [0.1, 0.15) is 30.5 Å². The lowest BCUT2D eigenvalue weighted by molar-refractivity contribution is 0.418. The predicted octanol–water partition coefficient (Wildman–Crippen LogP) is 12.1. The summed E-state index contributed by atoms with van der Waals surface area (Å²) in [5.74, 6) is 1.82. The fourth-order valence-electron chi connectivity index (χ4n) is 7.50. The number of hydrogen-bond acceptors (Lipinski definition) is 2. The fraction of sp³-hybridized carbons (Fsp3) is 0.0909. The number of rotatable bonds is 4. The molecule has 9 rings (SSSR count). The van der Waals surface area contributed by atoms with E-state index in [1.165, 1.54) is 49.3 Å². The average molecular weight is 607 g/mol. The van der Waals surface area contributed by atoms with Crippen LogP contribution in [0.2, 0.25) is 0 Å². The van der Waals surface area contributed by atoms with Crippen molar-refractivity contribution in [3.8, 4) is 17.2 Å². The van der Waals surface area contributed by atoms with E-state index >= 15 is 0 Å². The number of aryl methyl sites for hydroxylation is 1. The summed E-state index contributed by atoms with van der Waals surface area (Å²) in [7, 11) is 0. The smallest absolute Gasteiger partial charge is 0.133 e. The third-order valence-electron chi connectivity index (χ3n) is 9.88. The Bertz CT molecular complexity index is 2470. The predicted molar refractivity (Wildman–Crippen MR) is 196 cm³/mol. The van der Waals surface area contributed by atoms with E-state index in [9.17, 15) is 0 Å². The number of aromatic nitrogens is 1. The first-order valence-electron chi connectivity index (χ1n) is 16.3. The summed E-state index contributed by atoms with van der Waals surface area (Å²) in [5, 5.41) is 4.98. The van der Waals surface area contributed by atoms with Crippen molar-refractivity contribution < 1.29 is 4.74 Å². The minimum Gasteiger partial charge on any atom is -0.457 e. The van der Waals surface area contributed by atoms with Crippen LogP contribution in [0.25, 0.3) is 38.3 Å². The fourth-order valence-corrected chi connectivity index (χ4v) is 7.50. The molecule has 1 aliphatic heterocycles. The first-order valence-corrected chi connectivity index (χ1v) is 16.3. The third-order valence-corrected chi connectivity index (χ3v) is 9.88. The van der Waals surface area contributed by atoms with Gasteiger partial charge in [0.05, 0.1) is 11.0 Å². The van der Waals surface area contributed by atoms with Gasteiger partial charge in [0.25, 0.3) is 0 Å². The zero-order valence-corrected chi connectivity index (χ0v) is 26.7. The molecule has 0 amide bonds. The monoisotopic (exact) mass is 606 g/mol. The molecule has 0 bridgehead atoms. The Morgan fingerprint density at radius 3 is 2.04 bits per heavy atom. The van der Waals surface area contributed by atoms with Crippen LogP contribution >= 0.6 is 0 Å². The highest BCUT2D eigenvalue weighted by atomic mass is 16.5. The summed E-state index contributed by atoms with van der Waals surface area (Å²) in [4.78, 5) is 2.35. The lowest BCUT2D eigenvalue weighted by atomic mass is 9.76. The van der Waals surface area contributed by atoms with E-state index in [0.717, 1.165) is 34.2 Å². The lowest BCUT2D eigenvalue weighted by Gasteiger charge is -2.35. The molecular formula is C44H34N2O. The van der Waals surface area contributed by atoms with E-state index in [1.54, 1.807) is 0 Å². The molecule has 0 saturated carbocycles. The van der Waals surface area contributed by atoms with Crippen molar-refractivity contribution in [2.45, 2.75) is 26.2 Å². The van der Waals surface area contributed by atoms with Crippen molar-refractivity contribution in [2.75, 3.05) is 4.90 Å². The number of benzene rings is 7. The summed E-state index contributed by atoms with van der Waals surface area (Å²) >= 11 is 0. The molecule has 226 valence electrons. The Kier molecular flexibility index (Phi) is 6.07. The summed E-state index contributed by atoms with van der Waals surface area (Å²) in [6.45, 7) is 6.70. The van der Waals surface area contributed by atoms with Crippen LogP contribution < -0.4 is 9.64 Å². The average Bonchev–Trinajstić information content (AvgIpc) is 3.44. The summed E-state index contributed by atoms with van der Waals surface area (Å²) < 4.78 is 8.99. The minimum absolute atomic E-state index is 0.170. The Morgan fingerprint density at radius 1 is 0.532 bits per heavy atom. The normalized spacial score (nSPS) is 13.3. The molecule has 8 aromatic rings. The Balaban J connectivity index is 1.29. The zero-order chi connectivity index (χ0) is 31.7. The highest BCUT2D eigenvalue weighted by molar-refractivity contribution is 6.22. The molecule has 1 aromatic heterocycles. The van der Waals surface area contributed by atoms with Crippen LogP contribution in [0.4, 0.5) is 17.1 Å². The number of hydrogen-bond donors (Lipinski definition) is 0. The van der Waals surface area contributed by atoms with Crippen LogP contribution in [0.5, 0.6) is 11.5 Å². The van der Waals surface area contributed by atoms with Crippen molar-refractivity contribution in [3.63, 3.8) is 0 Å². The molecule has 47 heavy (non-hydrogen) atoms. The van der Waals surface area contributed by atoms with Crippen molar-refractivity contribution in [1.82, 2.24) is 4.57 Å². The molecule has 0 N–H and O–H groups in total. The van der Waals surface area contributed by atoms with Gasteiger partial charge in [-0.05, 0) is 78.4 Å². The molecule has 2 heterocycles. The topological polar surface area (TPSA) is 17.4 Å². The quantitative estimate of drug-likeness (QED) is 0.198.